The molecule has 0 aliphatic carbocycles. The number of halogens is 1. The summed E-state index contributed by atoms with van der Waals surface area (Å²) in [5.74, 6) is 0.218. The van der Waals surface area contributed by atoms with E-state index < -0.39 is 0 Å². The Balaban J connectivity index is 1.51. The Morgan fingerprint density at radius 3 is 2.33 bits per heavy atom. The molecule has 1 unspecified atom stereocenters. The van der Waals surface area contributed by atoms with Crippen molar-refractivity contribution in [2.24, 2.45) is 5.41 Å². The van der Waals surface area contributed by atoms with Gasteiger partial charge in [-0.05, 0) is 35.7 Å². The number of nitrogens with zero attached hydrogens (tertiary/aromatic N) is 2. The van der Waals surface area contributed by atoms with E-state index in [0.29, 0.717) is 0 Å². The van der Waals surface area contributed by atoms with Crippen LogP contribution in [0.1, 0.15) is 43.5 Å². The third kappa shape index (κ3) is 5.48. The minimum absolute atomic E-state index is 0.0667. The molecule has 3 aromatic carbocycles. The van der Waals surface area contributed by atoms with Crippen molar-refractivity contribution in [3.63, 3.8) is 0 Å². The summed E-state index contributed by atoms with van der Waals surface area (Å²) in [6.45, 7) is 11.4. The highest BCUT2D eigenvalue weighted by atomic mass is 35.5. The fourth-order valence-corrected chi connectivity index (χ4v) is 4.75. The molecule has 0 bridgehead atoms. The zero-order chi connectivity index (χ0) is 23.6. The molecule has 0 radical (unpaired) electrons. The zero-order valence-electron chi connectivity index (χ0n) is 20.0. The van der Waals surface area contributed by atoms with Gasteiger partial charge in [-0.15, -0.1) is 0 Å². The average molecular weight is 461 g/mol. The Labute approximate surface area is 203 Å². The van der Waals surface area contributed by atoms with Gasteiger partial charge in [-0.3, -0.25) is 9.69 Å². The van der Waals surface area contributed by atoms with Crippen LogP contribution in [0.3, 0.4) is 0 Å². The predicted molar refractivity (Wildman–Crippen MR) is 137 cm³/mol. The van der Waals surface area contributed by atoms with Gasteiger partial charge in [0, 0.05) is 42.2 Å². The summed E-state index contributed by atoms with van der Waals surface area (Å²) < 4.78 is 0. The van der Waals surface area contributed by atoms with Crippen molar-refractivity contribution in [1.29, 1.82) is 0 Å². The van der Waals surface area contributed by atoms with Crippen molar-refractivity contribution in [1.82, 2.24) is 9.80 Å². The van der Waals surface area contributed by atoms with Crippen LogP contribution in [0.25, 0.3) is 11.1 Å². The molecule has 1 aliphatic heterocycles. The van der Waals surface area contributed by atoms with E-state index in [1.54, 1.807) is 0 Å². The molecule has 3 nitrogen and oxygen atoms in total. The highest BCUT2D eigenvalue weighted by molar-refractivity contribution is 6.33. The summed E-state index contributed by atoms with van der Waals surface area (Å²) in [5, 5.41) is 0.777. The monoisotopic (exact) mass is 460 g/mol. The molecule has 1 atom stereocenters. The molecule has 0 spiro atoms. The molecule has 1 fully saturated rings. The van der Waals surface area contributed by atoms with E-state index in [1.165, 1.54) is 16.7 Å². The summed E-state index contributed by atoms with van der Waals surface area (Å²) in [6.07, 6.45) is 0. The van der Waals surface area contributed by atoms with Crippen LogP contribution < -0.4 is 0 Å². The lowest BCUT2D eigenvalue weighted by Crippen LogP contribution is -2.53. The van der Waals surface area contributed by atoms with E-state index in [9.17, 15) is 4.79 Å². The lowest BCUT2D eigenvalue weighted by Gasteiger charge is -2.44. The Bertz CT molecular complexity index is 1100. The number of benzene rings is 3. The highest BCUT2D eigenvalue weighted by Crippen LogP contribution is 2.32. The van der Waals surface area contributed by atoms with Crippen LogP contribution in [0.5, 0.6) is 0 Å². The quantitative estimate of drug-likeness (QED) is 0.430. The van der Waals surface area contributed by atoms with Gasteiger partial charge in [0.25, 0.3) is 0 Å². The van der Waals surface area contributed by atoms with Gasteiger partial charge in [-0.25, -0.2) is 0 Å². The molecular formula is C29H33ClN2O. The molecule has 1 amide bonds. The third-order valence-electron chi connectivity index (χ3n) is 6.34. The number of amides is 1. The normalized spacial score (nSPS) is 17.2. The van der Waals surface area contributed by atoms with E-state index in [1.807, 2.05) is 39.0 Å². The first-order valence-corrected chi connectivity index (χ1v) is 12.0. The fraction of sp³-hybridized carbons (Fsp3) is 0.345. The van der Waals surface area contributed by atoms with E-state index in [4.69, 9.17) is 11.6 Å². The van der Waals surface area contributed by atoms with Gasteiger partial charge in [-0.1, -0.05) is 98.6 Å². The summed E-state index contributed by atoms with van der Waals surface area (Å²) in [4.78, 5) is 17.7. The maximum Gasteiger partial charge on any atom is 0.228 e. The first-order chi connectivity index (χ1) is 15.7. The van der Waals surface area contributed by atoms with Gasteiger partial charge < -0.3 is 4.90 Å². The minimum Gasteiger partial charge on any atom is -0.333 e. The number of aryl methyl sites for hydroxylation is 1. The number of hydrogen-bond donors (Lipinski definition) is 0. The number of piperazine rings is 1. The van der Waals surface area contributed by atoms with Gasteiger partial charge >= 0.3 is 0 Å². The highest BCUT2D eigenvalue weighted by Gasteiger charge is 2.36. The standard InChI is InChI=1S/C29H33ClN2O/c1-21-10-15-26(30)25(18-21)23-13-11-22(12-14-23)19-31-16-17-32(28(33)29(2,3)4)27(20-31)24-8-6-5-7-9-24/h5-15,18,27H,16-17,19-20H2,1-4H3. The average Bonchev–Trinajstić information content (AvgIpc) is 2.81. The van der Waals surface area contributed by atoms with Crippen molar-refractivity contribution in [2.75, 3.05) is 19.6 Å². The number of hydrogen-bond acceptors (Lipinski definition) is 2. The molecule has 3 aromatic rings. The molecule has 33 heavy (non-hydrogen) atoms. The van der Waals surface area contributed by atoms with Crippen LogP contribution in [0.2, 0.25) is 5.02 Å². The molecule has 4 heteroatoms. The summed E-state index contributed by atoms with van der Waals surface area (Å²) >= 11 is 6.43. The van der Waals surface area contributed by atoms with E-state index >= 15 is 0 Å². The van der Waals surface area contributed by atoms with E-state index in [-0.39, 0.29) is 17.4 Å². The van der Waals surface area contributed by atoms with Crippen LogP contribution in [0, 0.1) is 12.3 Å². The largest absolute Gasteiger partial charge is 0.333 e. The second-order valence-electron chi connectivity index (χ2n) is 10.1. The molecular weight excluding hydrogens is 428 g/mol. The van der Waals surface area contributed by atoms with Gasteiger partial charge in [0.05, 0.1) is 6.04 Å². The maximum absolute atomic E-state index is 13.2. The number of carbonyl (C=O) groups is 1. The van der Waals surface area contributed by atoms with Crippen LogP contribution in [0.4, 0.5) is 0 Å². The third-order valence-corrected chi connectivity index (χ3v) is 6.67. The lowest BCUT2D eigenvalue weighted by atomic mass is 9.91. The van der Waals surface area contributed by atoms with Crippen LogP contribution >= 0.6 is 11.6 Å². The molecule has 0 aromatic heterocycles. The number of rotatable bonds is 4. The van der Waals surface area contributed by atoms with Crippen molar-refractivity contribution < 1.29 is 4.79 Å². The van der Waals surface area contributed by atoms with E-state index in [2.05, 4.69) is 71.3 Å². The lowest BCUT2D eigenvalue weighted by molar-refractivity contribution is -0.145. The molecule has 4 rings (SSSR count). The topological polar surface area (TPSA) is 23.6 Å². The van der Waals surface area contributed by atoms with Crippen molar-refractivity contribution in [3.05, 3.63) is 94.5 Å². The fourth-order valence-electron chi connectivity index (χ4n) is 4.53. The summed E-state index contributed by atoms with van der Waals surface area (Å²) in [5.41, 5.74) is 5.49. The van der Waals surface area contributed by atoms with Gasteiger partial charge in [-0.2, -0.15) is 0 Å². The predicted octanol–water partition coefficient (Wildman–Crippen LogP) is 6.75. The molecule has 0 saturated carbocycles. The summed E-state index contributed by atoms with van der Waals surface area (Å²) in [7, 11) is 0. The molecule has 0 N–H and O–H groups in total. The Hall–Kier alpha value is -2.62. The molecule has 172 valence electrons. The Morgan fingerprint density at radius 2 is 1.67 bits per heavy atom. The minimum atomic E-state index is -0.387. The number of carbonyl (C=O) groups excluding carboxylic acids is 1. The first-order valence-electron chi connectivity index (χ1n) is 11.7. The smallest absolute Gasteiger partial charge is 0.228 e. The second-order valence-corrected chi connectivity index (χ2v) is 10.5. The molecule has 1 heterocycles. The molecule has 1 aliphatic rings. The Morgan fingerprint density at radius 1 is 0.970 bits per heavy atom. The van der Waals surface area contributed by atoms with Gasteiger partial charge in [0.1, 0.15) is 0 Å². The van der Waals surface area contributed by atoms with Crippen LogP contribution in [0.15, 0.2) is 72.8 Å². The van der Waals surface area contributed by atoms with E-state index in [0.717, 1.165) is 42.3 Å². The second kappa shape index (κ2) is 9.70. The van der Waals surface area contributed by atoms with Gasteiger partial charge in [0.15, 0.2) is 0 Å². The summed E-state index contributed by atoms with van der Waals surface area (Å²) in [6, 6.07) is 25.3. The maximum atomic E-state index is 13.2. The van der Waals surface area contributed by atoms with Crippen molar-refractivity contribution in [2.45, 2.75) is 40.3 Å². The van der Waals surface area contributed by atoms with Crippen LogP contribution in [-0.4, -0.2) is 35.3 Å². The van der Waals surface area contributed by atoms with Crippen molar-refractivity contribution >= 4 is 17.5 Å². The van der Waals surface area contributed by atoms with Crippen LogP contribution in [-0.2, 0) is 11.3 Å². The first kappa shape index (κ1) is 23.5. The SMILES string of the molecule is Cc1ccc(Cl)c(-c2ccc(CN3CCN(C(=O)C(C)(C)C)C(c4ccccc4)C3)cc2)c1. The zero-order valence-corrected chi connectivity index (χ0v) is 20.8. The Kier molecular flexibility index (Phi) is 6.92. The molecule has 1 saturated heterocycles. The van der Waals surface area contributed by atoms with Crippen molar-refractivity contribution in [3.8, 4) is 11.1 Å². The van der Waals surface area contributed by atoms with Gasteiger partial charge in [0.2, 0.25) is 5.91 Å².